The van der Waals surface area contributed by atoms with Crippen molar-refractivity contribution in [1.82, 2.24) is 25.0 Å². The molecule has 0 saturated carbocycles. The Morgan fingerprint density at radius 3 is 2.48 bits per heavy atom. The highest BCUT2D eigenvalue weighted by Gasteiger charge is 2.26. The summed E-state index contributed by atoms with van der Waals surface area (Å²) in [4.78, 5) is 30.9. The van der Waals surface area contributed by atoms with Gasteiger partial charge in [0.05, 0.1) is 12.7 Å². The van der Waals surface area contributed by atoms with Gasteiger partial charge in [-0.3, -0.25) is 0 Å². The number of aromatic amines is 1. The molecule has 170 valence electrons. The largest absolute Gasteiger partial charge is 0.478 e. The summed E-state index contributed by atoms with van der Waals surface area (Å²) >= 11 is 0. The first-order valence-corrected chi connectivity index (χ1v) is 8.71. The Balaban J connectivity index is 0.000000512. The molecule has 2 aromatic rings. The monoisotopic (exact) mass is 446 g/mol. The van der Waals surface area contributed by atoms with Crippen LogP contribution in [0, 0.1) is 0 Å². The predicted molar refractivity (Wildman–Crippen MR) is 102 cm³/mol. The number of hydrogen-bond acceptors (Lipinski definition) is 6. The molecule has 2 rings (SSSR count). The number of halogens is 3. The van der Waals surface area contributed by atoms with Gasteiger partial charge in [-0.2, -0.15) is 23.1 Å². The fraction of sp³-hybridized carbons (Fsp3) is 0.375. The van der Waals surface area contributed by atoms with E-state index < -0.39 is 24.7 Å². The van der Waals surface area contributed by atoms with Crippen LogP contribution in [0.1, 0.15) is 18.7 Å². The fourth-order valence-electron chi connectivity index (χ4n) is 1.93. The molecule has 0 saturated heterocycles. The second-order valence-corrected chi connectivity index (χ2v) is 5.77. The van der Waals surface area contributed by atoms with Crippen LogP contribution in [0.5, 0.6) is 0 Å². The van der Waals surface area contributed by atoms with Gasteiger partial charge in [-0.05, 0) is 12.8 Å². The van der Waals surface area contributed by atoms with E-state index in [-0.39, 0.29) is 11.8 Å². The van der Waals surface area contributed by atoms with Crippen LogP contribution in [0.2, 0.25) is 0 Å². The van der Waals surface area contributed by atoms with Gasteiger partial charge < -0.3 is 26.2 Å². The number of guanidine groups is 1. The number of aliphatic carboxylic acids is 2. The zero-order valence-corrected chi connectivity index (χ0v) is 16.1. The minimum atomic E-state index is -4.39. The molecule has 0 radical (unpaired) electrons. The number of carbonyl (C=O) groups is 2. The molecule has 0 fully saturated rings. The lowest BCUT2D eigenvalue weighted by atomic mass is 10.2. The maximum atomic E-state index is 12.0. The Morgan fingerprint density at radius 1 is 1.26 bits per heavy atom. The number of unbranched alkanes of at least 4 members (excludes halogenated alkanes) is 1. The molecular weight excluding hydrogens is 425 g/mol. The van der Waals surface area contributed by atoms with Crippen LogP contribution in [0.4, 0.5) is 19.0 Å². The van der Waals surface area contributed by atoms with Gasteiger partial charge in [0.15, 0.2) is 11.8 Å². The summed E-state index contributed by atoms with van der Waals surface area (Å²) in [6.45, 7) is -0.755. The maximum absolute atomic E-state index is 12.0. The summed E-state index contributed by atoms with van der Waals surface area (Å²) in [5.41, 5.74) is 5.35. The number of hydrogen-bond donors (Lipinski definition) is 5. The third kappa shape index (κ3) is 13.0. The number of rotatable bonds is 9. The van der Waals surface area contributed by atoms with Crippen molar-refractivity contribution in [2.45, 2.75) is 32.0 Å². The number of nitrogens with one attached hydrogen (secondary N) is 2. The molecule has 0 aromatic carbocycles. The predicted octanol–water partition coefficient (Wildman–Crippen LogP) is 1.02. The van der Waals surface area contributed by atoms with Crippen molar-refractivity contribution in [3.8, 4) is 0 Å². The van der Waals surface area contributed by atoms with E-state index in [0.717, 1.165) is 25.1 Å². The molecule has 0 atom stereocenters. The number of carboxylic acids is 2. The lowest BCUT2D eigenvalue weighted by Gasteiger charge is -2.04. The molecule has 0 bridgehead atoms. The van der Waals surface area contributed by atoms with Crippen molar-refractivity contribution in [1.29, 1.82) is 0 Å². The highest BCUT2D eigenvalue weighted by atomic mass is 19.4. The van der Waals surface area contributed by atoms with Crippen LogP contribution >= 0.6 is 0 Å². The number of aryl methyl sites for hydroxylation is 2. The molecule has 15 heteroatoms. The molecule has 0 aliphatic heterocycles. The number of H-pyrrole nitrogens is 1. The first kappa shape index (κ1) is 25.1. The summed E-state index contributed by atoms with van der Waals surface area (Å²) in [7, 11) is 0. The van der Waals surface area contributed by atoms with Crippen LogP contribution in [-0.2, 0) is 22.6 Å². The highest BCUT2D eigenvalue weighted by Crippen LogP contribution is 2.14. The normalized spacial score (nSPS) is 11.8. The van der Waals surface area contributed by atoms with E-state index in [1.807, 2.05) is 0 Å². The molecule has 0 spiro atoms. The smallest absolute Gasteiger partial charge is 0.408 e. The van der Waals surface area contributed by atoms with Crippen molar-refractivity contribution >= 4 is 23.7 Å². The summed E-state index contributed by atoms with van der Waals surface area (Å²) in [5, 5.41) is 26.1. The molecule has 0 unspecified atom stereocenters. The van der Waals surface area contributed by atoms with Crippen LogP contribution in [0.3, 0.4) is 0 Å². The molecule has 0 amide bonds. The Labute approximate surface area is 173 Å². The summed E-state index contributed by atoms with van der Waals surface area (Å²) in [5.74, 6) is -1.69. The van der Waals surface area contributed by atoms with Crippen LogP contribution in [0.15, 0.2) is 35.7 Å². The molecule has 2 heterocycles. The summed E-state index contributed by atoms with van der Waals surface area (Å²) in [6.07, 6.45) is 4.15. The number of alkyl halides is 3. The van der Waals surface area contributed by atoms with E-state index in [2.05, 4.69) is 30.5 Å². The van der Waals surface area contributed by atoms with Crippen molar-refractivity contribution in [3.05, 3.63) is 36.6 Å². The number of imidazole rings is 1. The third-order valence-electron chi connectivity index (χ3n) is 3.17. The second kappa shape index (κ2) is 12.6. The van der Waals surface area contributed by atoms with E-state index in [1.165, 1.54) is 11.0 Å². The number of nitrogens with two attached hydrogens (primary N) is 1. The van der Waals surface area contributed by atoms with Crippen molar-refractivity contribution in [3.63, 3.8) is 0 Å². The lowest BCUT2D eigenvalue weighted by molar-refractivity contribution is -0.134. The quantitative estimate of drug-likeness (QED) is 0.162. The summed E-state index contributed by atoms with van der Waals surface area (Å²) < 4.78 is 36.0. The molecule has 2 aromatic heterocycles. The first-order chi connectivity index (χ1) is 14.5. The number of carboxylic acid groups (broad SMARTS) is 2. The van der Waals surface area contributed by atoms with E-state index in [9.17, 15) is 22.8 Å². The Morgan fingerprint density at radius 2 is 1.94 bits per heavy atom. The average Bonchev–Trinajstić information content (AvgIpc) is 3.34. The van der Waals surface area contributed by atoms with E-state index in [1.54, 1.807) is 12.4 Å². The van der Waals surface area contributed by atoms with Gasteiger partial charge in [0.2, 0.25) is 0 Å². The van der Waals surface area contributed by atoms with Gasteiger partial charge >= 0.3 is 18.1 Å². The first-order valence-electron chi connectivity index (χ1n) is 8.71. The second-order valence-electron chi connectivity index (χ2n) is 5.77. The summed E-state index contributed by atoms with van der Waals surface area (Å²) in [6, 6.07) is 0. The topological polar surface area (TPSA) is 184 Å². The van der Waals surface area contributed by atoms with Gasteiger partial charge in [-0.15, -0.1) is 5.10 Å². The van der Waals surface area contributed by atoms with Crippen LogP contribution in [-0.4, -0.2) is 65.8 Å². The third-order valence-corrected chi connectivity index (χ3v) is 3.17. The highest BCUT2D eigenvalue weighted by molar-refractivity contribution is 5.91. The molecule has 12 nitrogen and oxygen atoms in total. The fourth-order valence-corrected chi connectivity index (χ4v) is 1.93. The number of aromatic nitrogens is 5. The van der Waals surface area contributed by atoms with E-state index in [4.69, 9.17) is 15.9 Å². The number of nitrogens with zero attached hydrogens (tertiary/aromatic N) is 5. The zero-order chi connectivity index (χ0) is 23.3. The Bertz CT molecular complexity index is 862. The van der Waals surface area contributed by atoms with Crippen molar-refractivity contribution < 1.29 is 33.0 Å². The Kier molecular flexibility index (Phi) is 10.2. The van der Waals surface area contributed by atoms with Gasteiger partial charge in [-0.25, -0.2) is 19.6 Å². The van der Waals surface area contributed by atoms with Crippen LogP contribution < -0.4 is 11.1 Å². The molecule has 0 aliphatic carbocycles. The van der Waals surface area contributed by atoms with Crippen molar-refractivity contribution in [2.24, 2.45) is 10.7 Å². The maximum Gasteiger partial charge on any atom is 0.408 e. The zero-order valence-electron chi connectivity index (χ0n) is 16.1. The van der Waals surface area contributed by atoms with E-state index >= 15 is 0 Å². The van der Waals surface area contributed by atoms with Gasteiger partial charge in [0, 0.05) is 31.0 Å². The molecular formula is C16H21F3N8O4. The minimum Gasteiger partial charge on any atom is -0.478 e. The van der Waals surface area contributed by atoms with Gasteiger partial charge in [0.25, 0.3) is 0 Å². The van der Waals surface area contributed by atoms with E-state index in [0.29, 0.717) is 18.7 Å². The van der Waals surface area contributed by atoms with Crippen LogP contribution in [0.25, 0.3) is 0 Å². The minimum absolute atomic E-state index is 0.249. The lowest BCUT2D eigenvalue weighted by Crippen LogP contribution is -2.25. The standard InChI is InChI=1S/C12H17F3N8.C4H4O4/c13-12(14,15)8-19-11(16)21-10-7-20-23(22-10)6-2-1-3-9-17-4-5-18-9;5-3(6)1-2-4(7)8/h4-5,7H,1-3,6,8H2,(H,17,18)(H3,16,19,21,22);1-2H,(H,5,6)(H,7,8)/b;2-1-. The van der Waals surface area contributed by atoms with Crippen molar-refractivity contribution in [2.75, 3.05) is 11.9 Å². The SMILES string of the molecule is NC(=NCC(F)(F)F)Nc1cnn(CCCCc2ncc[nH]2)n1.O=C(O)/C=C\C(=O)O. The molecule has 0 aliphatic rings. The number of anilines is 1. The van der Waals surface area contributed by atoms with Gasteiger partial charge in [0.1, 0.15) is 12.4 Å². The molecule has 6 N–H and O–H groups in total. The number of aliphatic imine (C=N–C) groups is 1. The Hall–Kier alpha value is -3.91. The average molecular weight is 446 g/mol. The van der Waals surface area contributed by atoms with Gasteiger partial charge in [-0.1, -0.05) is 0 Å². The molecule has 31 heavy (non-hydrogen) atoms.